The van der Waals surface area contributed by atoms with Crippen molar-refractivity contribution in [1.29, 1.82) is 0 Å². The van der Waals surface area contributed by atoms with Crippen molar-refractivity contribution in [3.05, 3.63) is 53.7 Å². The Morgan fingerprint density at radius 3 is 2.79 bits per heavy atom. The van der Waals surface area contributed by atoms with E-state index >= 15 is 0 Å². The predicted octanol–water partition coefficient (Wildman–Crippen LogP) is 3.32. The third kappa shape index (κ3) is 3.57. The Labute approximate surface area is 112 Å². The van der Waals surface area contributed by atoms with Crippen LogP contribution in [0.5, 0.6) is 0 Å². The fraction of sp³-hybridized carbons (Fsp3) is 0.267. The number of hydrogen-bond donors (Lipinski definition) is 0. The average molecular weight is 256 g/mol. The molecule has 0 radical (unpaired) electrons. The van der Waals surface area contributed by atoms with Gasteiger partial charge in [0.05, 0.1) is 0 Å². The smallest absolute Gasteiger partial charge is 0.435 e. The average Bonchev–Trinajstić information content (AvgIpc) is 2.46. The molecule has 4 heteroatoms. The van der Waals surface area contributed by atoms with Crippen LogP contribution in [0, 0.1) is 5.92 Å². The van der Waals surface area contributed by atoms with E-state index in [1.54, 1.807) is 12.3 Å². The first-order valence-corrected chi connectivity index (χ1v) is 6.18. The zero-order valence-corrected chi connectivity index (χ0v) is 11.0. The van der Waals surface area contributed by atoms with Crippen molar-refractivity contribution in [1.82, 2.24) is 5.01 Å². The fourth-order valence-corrected chi connectivity index (χ4v) is 1.57. The Morgan fingerprint density at radius 1 is 1.37 bits per heavy atom. The molecule has 0 saturated heterocycles. The number of benzene rings is 1. The second-order valence-corrected chi connectivity index (χ2v) is 4.54. The monoisotopic (exact) mass is 256 g/mol. The molecule has 0 N–H and O–H groups in total. The summed E-state index contributed by atoms with van der Waals surface area (Å²) in [7, 11) is 0. The summed E-state index contributed by atoms with van der Waals surface area (Å²) in [5.74, 6) is 3.01. The van der Waals surface area contributed by atoms with E-state index in [-0.39, 0.29) is 6.61 Å². The summed E-state index contributed by atoms with van der Waals surface area (Å²) in [6.07, 6.45) is 2.95. The van der Waals surface area contributed by atoms with Crippen LogP contribution in [0.25, 0.3) is 0 Å². The lowest BCUT2D eigenvalue weighted by Gasteiger charge is -2.16. The van der Waals surface area contributed by atoms with Crippen LogP contribution < -0.4 is 0 Å². The Kier molecular flexibility index (Phi) is 4.16. The standard InChI is InChI=1S/C15H16N2O2/c1-12(2)14-8-9-16-17(10-14)15(18)19-11-13-6-4-3-5-7-13/h3-8,10,12H,11H2,1-2H3. The highest BCUT2D eigenvalue weighted by Crippen LogP contribution is 2.15. The highest BCUT2D eigenvalue weighted by Gasteiger charge is 2.15. The molecule has 1 aliphatic heterocycles. The van der Waals surface area contributed by atoms with Gasteiger partial charge in [-0.25, -0.2) is 4.79 Å². The third-order valence-corrected chi connectivity index (χ3v) is 2.73. The summed E-state index contributed by atoms with van der Waals surface area (Å²) in [5, 5.41) is 5.03. The van der Waals surface area contributed by atoms with Gasteiger partial charge in [0.1, 0.15) is 6.61 Å². The second kappa shape index (κ2) is 6.03. The number of hydrazone groups is 1. The molecule has 0 spiro atoms. The quantitative estimate of drug-likeness (QED) is 0.832. The van der Waals surface area contributed by atoms with E-state index in [0.717, 1.165) is 11.1 Å². The zero-order chi connectivity index (χ0) is 13.7. The molecular weight excluding hydrogens is 240 g/mol. The van der Waals surface area contributed by atoms with E-state index in [2.05, 4.69) is 11.0 Å². The molecule has 0 aromatic heterocycles. The molecule has 0 bridgehead atoms. The third-order valence-electron chi connectivity index (χ3n) is 2.73. The Morgan fingerprint density at radius 2 is 2.11 bits per heavy atom. The van der Waals surface area contributed by atoms with Crippen molar-refractivity contribution >= 4 is 12.0 Å². The van der Waals surface area contributed by atoms with Gasteiger partial charge in [-0.2, -0.15) is 5.01 Å². The number of ether oxygens (including phenoxy) is 1. The Bertz CT molecular complexity index is 541. The zero-order valence-electron chi connectivity index (χ0n) is 11.0. The molecule has 1 amide bonds. The van der Waals surface area contributed by atoms with E-state index < -0.39 is 6.09 Å². The molecule has 0 unspecified atom stereocenters. The van der Waals surface area contributed by atoms with Crippen molar-refractivity contribution < 1.29 is 9.53 Å². The van der Waals surface area contributed by atoms with Crippen LogP contribution in [0.15, 0.2) is 53.3 Å². The lowest BCUT2D eigenvalue weighted by Crippen LogP contribution is -2.23. The minimum Gasteiger partial charge on any atom is -0.443 e. The molecule has 98 valence electrons. The molecule has 4 nitrogen and oxygen atoms in total. The van der Waals surface area contributed by atoms with Gasteiger partial charge in [0, 0.05) is 18.1 Å². The van der Waals surface area contributed by atoms with Gasteiger partial charge in [-0.05, 0) is 17.1 Å². The van der Waals surface area contributed by atoms with Crippen LogP contribution in [-0.4, -0.2) is 17.0 Å². The number of allylic oxidation sites excluding steroid dienone is 2. The molecule has 1 aliphatic rings. The van der Waals surface area contributed by atoms with Crippen LogP contribution in [0.2, 0.25) is 0 Å². The van der Waals surface area contributed by atoms with Crippen molar-refractivity contribution in [3.63, 3.8) is 0 Å². The number of rotatable bonds is 3. The highest BCUT2D eigenvalue weighted by atomic mass is 16.6. The number of amides is 1. The molecule has 0 aliphatic carbocycles. The fourth-order valence-electron chi connectivity index (χ4n) is 1.57. The van der Waals surface area contributed by atoms with Gasteiger partial charge < -0.3 is 4.74 Å². The predicted molar refractivity (Wildman–Crippen MR) is 73.4 cm³/mol. The van der Waals surface area contributed by atoms with Gasteiger partial charge in [-0.15, -0.1) is 5.10 Å². The van der Waals surface area contributed by atoms with Crippen LogP contribution in [-0.2, 0) is 11.3 Å². The second-order valence-electron chi connectivity index (χ2n) is 4.54. The van der Waals surface area contributed by atoms with E-state index in [4.69, 9.17) is 4.74 Å². The van der Waals surface area contributed by atoms with Crippen LogP contribution >= 0.6 is 0 Å². The van der Waals surface area contributed by atoms with Crippen LogP contribution in [0.4, 0.5) is 4.79 Å². The molecule has 0 fully saturated rings. The molecule has 19 heavy (non-hydrogen) atoms. The maximum absolute atomic E-state index is 11.9. The normalized spacial score (nSPS) is 13.6. The molecule has 1 aromatic rings. The number of carbonyl (C=O) groups excluding carboxylic acids is 1. The van der Waals surface area contributed by atoms with Crippen molar-refractivity contribution in [2.75, 3.05) is 0 Å². The number of carbonyl (C=O) groups is 1. The topological polar surface area (TPSA) is 41.9 Å². The first-order chi connectivity index (χ1) is 9.16. The minimum atomic E-state index is -0.498. The SMILES string of the molecule is CC(C)C1=CN(C(=O)OCc2ccccc2)N=C=C1. The Balaban J connectivity index is 1.96. The maximum Gasteiger partial charge on any atom is 0.435 e. The summed E-state index contributed by atoms with van der Waals surface area (Å²) in [4.78, 5) is 11.9. The van der Waals surface area contributed by atoms with Gasteiger partial charge >= 0.3 is 6.09 Å². The maximum atomic E-state index is 11.9. The summed E-state index contributed by atoms with van der Waals surface area (Å²) in [5.41, 5.74) is 1.94. The molecule has 2 rings (SSSR count). The molecule has 1 aromatic carbocycles. The van der Waals surface area contributed by atoms with Crippen LogP contribution in [0.3, 0.4) is 0 Å². The summed E-state index contributed by atoms with van der Waals surface area (Å²) < 4.78 is 5.19. The van der Waals surface area contributed by atoms with E-state index in [1.165, 1.54) is 5.01 Å². The van der Waals surface area contributed by atoms with Gasteiger partial charge in [0.15, 0.2) is 0 Å². The largest absolute Gasteiger partial charge is 0.443 e. The van der Waals surface area contributed by atoms with Gasteiger partial charge in [0.2, 0.25) is 0 Å². The first kappa shape index (κ1) is 13.1. The summed E-state index contributed by atoms with van der Waals surface area (Å²) >= 11 is 0. The van der Waals surface area contributed by atoms with E-state index in [9.17, 15) is 4.79 Å². The molecule has 1 heterocycles. The number of hydrogen-bond acceptors (Lipinski definition) is 3. The van der Waals surface area contributed by atoms with Crippen molar-refractivity contribution in [2.24, 2.45) is 11.0 Å². The highest BCUT2D eigenvalue weighted by molar-refractivity contribution is 5.72. The molecule has 0 saturated carbocycles. The first-order valence-electron chi connectivity index (χ1n) is 6.18. The lowest BCUT2D eigenvalue weighted by molar-refractivity contribution is 0.111. The van der Waals surface area contributed by atoms with Crippen molar-refractivity contribution in [3.8, 4) is 0 Å². The number of nitrogens with zero attached hydrogens (tertiary/aromatic N) is 2. The van der Waals surface area contributed by atoms with Crippen molar-refractivity contribution in [2.45, 2.75) is 20.5 Å². The molecular formula is C15H16N2O2. The molecule has 0 atom stereocenters. The Hall–Kier alpha value is -2.32. The minimum absolute atomic E-state index is 0.236. The lowest BCUT2D eigenvalue weighted by atomic mass is 10.0. The summed E-state index contributed by atoms with van der Waals surface area (Å²) in [6.45, 7) is 4.33. The van der Waals surface area contributed by atoms with E-state index in [1.807, 2.05) is 44.2 Å². The van der Waals surface area contributed by atoms with Gasteiger partial charge in [-0.1, -0.05) is 44.2 Å². The summed E-state index contributed by atoms with van der Waals surface area (Å²) in [6, 6.07) is 9.54. The van der Waals surface area contributed by atoms with Gasteiger partial charge in [-0.3, -0.25) is 0 Å². The van der Waals surface area contributed by atoms with Gasteiger partial charge in [0.25, 0.3) is 0 Å². The van der Waals surface area contributed by atoms with E-state index in [0.29, 0.717) is 5.92 Å². The van der Waals surface area contributed by atoms with Crippen LogP contribution in [0.1, 0.15) is 19.4 Å².